The first-order valence-corrected chi connectivity index (χ1v) is 6.05. The van der Waals surface area contributed by atoms with Crippen molar-refractivity contribution in [3.05, 3.63) is 47.3 Å². The van der Waals surface area contributed by atoms with Gasteiger partial charge in [-0.1, -0.05) is 16.8 Å². The average Bonchev–Trinajstić information content (AvgIpc) is 3.03. The highest BCUT2D eigenvalue weighted by atomic mass is 35.5. The fraction of sp³-hybridized carbons (Fsp3) is 0.0833. The number of nitrogens with zero attached hydrogens (tertiary/aromatic N) is 4. The van der Waals surface area contributed by atoms with Gasteiger partial charge in [-0.25, -0.2) is 4.39 Å². The van der Waals surface area contributed by atoms with Gasteiger partial charge in [-0.2, -0.15) is 10.1 Å². The van der Waals surface area contributed by atoms with E-state index in [1.54, 1.807) is 10.9 Å². The summed E-state index contributed by atoms with van der Waals surface area (Å²) < 4.78 is 19.8. The molecule has 0 radical (unpaired) electrons. The molecule has 20 heavy (non-hydrogen) atoms. The van der Waals surface area contributed by atoms with Crippen LogP contribution in [0.5, 0.6) is 0 Å². The highest BCUT2D eigenvalue weighted by molar-refractivity contribution is 6.31. The number of hydrogen-bond donors (Lipinski definition) is 1. The first-order chi connectivity index (χ1) is 9.61. The highest BCUT2D eigenvalue weighted by Gasteiger charge is 2.11. The summed E-state index contributed by atoms with van der Waals surface area (Å²) in [6, 6.07) is 4.22. The minimum Gasteiger partial charge on any atom is -0.396 e. The average molecular weight is 294 g/mol. The molecule has 0 bridgehead atoms. The van der Waals surface area contributed by atoms with Crippen LogP contribution in [0.25, 0.3) is 11.4 Å². The maximum atomic E-state index is 13.1. The van der Waals surface area contributed by atoms with Gasteiger partial charge in [-0.15, -0.1) is 0 Å². The van der Waals surface area contributed by atoms with Crippen LogP contribution in [-0.4, -0.2) is 19.9 Å². The molecule has 2 N–H and O–H groups in total. The Bertz CT molecular complexity index is 754. The predicted molar refractivity (Wildman–Crippen MR) is 70.4 cm³/mol. The first kappa shape index (κ1) is 12.6. The lowest BCUT2D eigenvalue weighted by Gasteiger charge is -1.96. The molecule has 3 aromatic rings. The summed E-state index contributed by atoms with van der Waals surface area (Å²) in [4.78, 5) is 4.20. The minimum atomic E-state index is -0.494. The molecule has 0 aliphatic carbocycles. The monoisotopic (exact) mass is 293 g/mol. The van der Waals surface area contributed by atoms with Crippen LogP contribution < -0.4 is 5.73 Å². The molecule has 0 aliphatic rings. The van der Waals surface area contributed by atoms with Crippen molar-refractivity contribution in [1.82, 2.24) is 19.9 Å². The topological polar surface area (TPSA) is 82.8 Å². The fourth-order valence-electron chi connectivity index (χ4n) is 1.68. The maximum absolute atomic E-state index is 13.1. The molecule has 0 unspecified atom stereocenters. The molecule has 0 atom stereocenters. The van der Waals surface area contributed by atoms with E-state index in [1.807, 2.05) is 0 Å². The minimum absolute atomic E-state index is 0.00806. The van der Waals surface area contributed by atoms with E-state index < -0.39 is 5.82 Å². The van der Waals surface area contributed by atoms with Crippen molar-refractivity contribution >= 4 is 17.3 Å². The molecule has 0 saturated heterocycles. The summed E-state index contributed by atoms with van der Waals surface area (Å²) in [7, 11) is 0. The molecule has 0 aliphatic heterocycles. The molecule has 0 amide bonds. The van der Waals surface area contributed by atoms with Gasteiger partial charge in [0.15, 0.2) is 0 Å². The highest BCUT2D eigenvalue weighted by Crippen LogP contribution is 2.22. The largest absolute Gasteiger partial charge is 0.396 e. The lowest BCUT2D eigenvalue weighted by molar-refractivity contribution is 0.366. The Morgan fingerprint density at radius 3 is 2.95 bits per heavy atom. The molecule has 0 spiro atoms. The Balaban J connectivity index is 1.84. The van der Waals surface area contributed by atoms with Crippen LogP contribution in [0.15, 0.2) is 35.1 Å². The van der Waals surface area contributed by atoms with Crippen molar-refractivity contribution < 1.29 is 8.91 Å². The van der Waals surface area contributed by atoms with Gasteiger partial charge in [0, 0.05) is 11.8 Å². The summed E-state index contributed by atoms with van der Waals surface area (Å²) in [5.41, 5.74) is 6.69. The number of halogens is 2. The molecule has 2 heterocycles. The van der Waals surface area contributed by atoms with Crippen LogP contribution in [0, 0.1) is 5.82 Å². The van der Waals surface area contributed by atoms with E-state index in [4.69, 9.17) is 21.9 Å². The zero-order chi connectivity index (χ0) is 14.1. The fourth-order valence-corrected chi connectivity index (χ4v) is 1.86. The van der Waals surface area contributed by atoms with Gasteiger partial charge in [0.2, 0.25) is 11.7 Å². The lowest BCUT2D eigenvalue weighted by atomic mass is 10.2. The van der Waals surface area contributed by atoms with Crippen LogP contribution in [0.2, 0.25) is 5.02 Å². The first-order valence-electron chi connectivity index (χ1n) is 5.68. The second kappa shape index (κ2) is 4.93. The lowest BCUT2D eigenvalue weighted by Crippen LogP contribution is -2.00. The van der Waals surface area contributed by atoms with Gasteiger partial charge >= 0.3 is 0 Å². The number of aromatic nitrogens is 4. The number of nitrogens with two attached hydrogens (primary N) is 1. The molecule has 102 valence electrons. The second-order valence-electron chi connectivity index (χ2n) is 4.11. The molecule has 3 rings (SSSR count). The van der Waals surface area contributed by atoms with Crippen LogP contribution in [-0.2, 0) is 6.54 Å². The number of nitrogen functional groups attached to an aromatic ring is 1. The third kappa shape index (κ3) is 2.48. The predicted octanol–water partition coefficient (Wildman–Crippen LogP) is 2.36. The Morgan fingerprint density at radius 1 is 1.40 bits per heavy atom. The van der Waals surface area contributed by atoms with E-state index in [-0.39, 0.29) is 5.02 Å². The molecule has 0 fully saturated rings. The summed E-state index contributed by atoms with van der Waals surface area (Å²) >= 11 is 5.71. The zero-order valence-corrected chi connectivity index (χ0v) is 10.9. The Labute approximate surface area is 118 Å². The number of hydrogen-bond acceptors (Lipinski definition) is 5. The number of benzene rings is 1. The van der Waals surface area contributed by atoms with Gasteiger partial charge in [-0.05, 0) is 18.2 Å². The smallest absolute Gasteiger partial charge is 0.248 e. The van der Waals surface area contributed by atoms with E-state index in [1.165, 1.54) is 24.4 Å². The van der Waals surface area contributed by atoms with E-state index in [0.717, 1.165) is 0 Å². The van der Waals surface area contributed by atoms with Crippen molar-refractivity contribution in [3.63, 3.8) is 0 Å². The van der Waals surface area contributed by atoms with Gasteiger partial charge in [0.25, 0.3) is 0 Å². The normalized spacial score (nSPS) is 10.9. The standard InChI is InChI=1S/C12H9ClFN5O/c13-9-3-7(1-2-10(9)14)12-17-11(20-18-12)6-19-5-8(15)4-16-19/h1-5H,6,15H2. The van der Waals surface area contributed by atoms with Crippen LogP contribution in [0.1, 0.15) is 5.89 Å². The van der Waals surface area contributed by atoms with Crippen molar-refractivity contribution in [2.45, 2.75) is 6.54 Å². The Hall–Kier alpha value is -2.41. The van der Waals surface area contributed by atoms with Gasteiger partial charge in [-0.3, -0.25) is 4.68 Å². The summed E-state index contributed by atoms with van der Waals surface area (Å²) in [6.45, 7) is 0.305. The van der Waals surface area contributed by atoms with Gasteiger partial charge < -0.3 is 10.3 Å². The number of rotatable bonds is 3. The van der Waals surface area contributed by atoms with Crippen LogP contribution >= 0.6 is 11.6 Å². The third-order valence-corrected chi connectivity index (χ3v) is 2.89. The van der Waals surface area contributed by atoms with E-state index in [9.17, 15) is 4.39 Å². The van der Waals surface area contributed by atoms with Crippen molar-refractivity contribution in [2.24, 2.45) is 0 Å². The molecule has 6 nitrogen and oxygen atoms in total. The zero-order valence-electron chi connectivity index (χ0n) is 10.1. The van der Waals surface area contributed by atoms with E-state index >= 15 is 0 Å². The van der Waals surface area contributed by atoms with Crippen LogP contribution in [0.4, 0.5) is 10.1 Å². The van der Waals surface area contributed by atoms with E-state index in [2.05, 4.69) is 15.2 Å². The summed E-state index contributed by atoms with van der Waals surface area (Å²) in [6.07, 6.45) is 3.18. The quantitative estimate of drug-likeness (QED) is 0.801. The molecule has 2 aromatic heterocycles. The summed E-state index contributed by atoms with van der Waals surface area (Å²) in [5, 5.41) is 7.84. The van der Waals surface area contributed by atoms with Gasteiger partial charge in [0.1, 0.15) is 12.4 Å². The van der Waals surface area contributed by atoms with Crippen molar-refractivity contribution in [3.8, 4) is 11.4 Å². The van der Waals surface area contributed by atoms with Gasteiger partial charge in [0.05, 0.1) is 16.9 Å². The van der Waals surface area contributed by atoms with Crippen molar-refractivity contribution in [2.75, 3.05) is 5.73 Å². The number of anilines is 1. The molecular formula is C12H9ClFN5O. The second-order valence-corrected chi connectivity index (χ2v) is 4.52. The molecular weight excluding hydrogens is 285 g/mol. The Kier molecular flexibility index (Phi) is 3.11. The Morgan fingerprint density at radius 2 is 2.25 bits per heavy atom. The SMILES string of the molecule is Nc1cnn(Cc2nc(-c3ccc(F)c(Cl)c3)no2)c1. The molecule has 1 aromatic carbocycles. The van der Waals surface area contributed by atoms with Crippen molar-refractivity contribution in [1.29, 1.82) is 0 Å². The van der Waals surface area contributed by atoms with Crippen LogP contribution in [0.3, 0.4) is 0 Å². The molecule has 8 heteroatoms. The maximum Gasteiger partial charge on any atom is 0.248 e. The van der Waals surface area contributed by atoms with E-state index in [0.29, 0.717) is 29.5 Å². The molecule has 0 saturated carbocycles. The third-order valence-electron chi connectivity index (χ3n) is 2.60. The summed E-state index contributed by atoms with van der Waals surface area (Å²) in [5.74, 6) is 0.205.